The van der Waals surface area contributed by atoms with Crippen LogP contribution in [0.5, 0.6) is 0 Å². The molecular formula is C17H20Cl2N2O5. The lowest BCUT2D eigenvalue weighted by molar-refractivity contribution is -0.0497. The van der Waals surface area contributed by atoms with E-state index in [1.807, 2.05) is 13.8 Å². The van der Waals surface area contributed by atoms with Gasteiger partial charge in [0.15, 0.2) is 12.5 Å². The summed E-state index contributed by atoms with van der Waals surface area (Å²) < 4.78 is 7.23. The number of carbonyl (C=O) groups is 1. The van der Waals surface area contributed by atoms with Crippen LogP contribution < -0.4 is 5.32 Å². The molecule has 1 saturated heterocycles. The normalized spacial score (nSPS) is 26.0. The molecule has 0 saturated carbocycles. The zero-order chi connectivity index (χ0) is 19.2. The molecule has 26 heavy (non-hydrogen) atoms. The van der Waals surface area contributed by atoms with E-state index in [1.54, 1.807) is 16.7 Å². The molecule has 4 N–H and O–H groups in total. The predicted octanol–water partition coefficient (Wildman–Crippen LogP) is 2.19. The monoisotopic (exact) mass is 402 g/mol. The van der Waals surface area contributed by atoms with Crippen molar-refractivity contribution in [3.63, 3.8) is 0 Å². The largest absolute Gasteiger partial charge is 0.394 e. The Morgan fingerprint density at radius 3 is 2.46 bits per heavy atom. The number of rotatable bonds is 5. The predicted molar refractivity (Wildman–Crippen MR) is 99.1 cm³/mol. The zero-order valence-corrected chi connectivity index (χ0v) is 15.7. The summed E-state index contributed by atoms with van der Waals surface area (Å²) in [6.07, 6.45) is -3.84. The fourth-order valence-corrected chi connectivity index (χ4v) is 3.55. The van der Waals surface area contributed by atoms with Gasteiger partial charge in [-0.2, -0.15) is 0 Å². The summed E-state index contributed by atoms with van der Waals surface area (Å²) in [5.74, 6) is 0.415. The van der Waals surface area contributed by atoms with Crippen molar-refractivity contribution in [2.75, 3.05) is 11.9 Å². The van der Waals surface area contributed by atoms with E-state index in [4.69, 9.17) is 27.9 Å². The number of aliphatic hydroxyl groups excluding tert-OH is 3. The van der Waals surface area contributed by atoms with E-state index in [2.05, 4.69) is 5.32 Å². The molecule has 0 aliphatic carbocycles. The Kier molecular flexibility index (Phi) is 5.48. The van der Waals surface area contributed by atoms with Gasteiger partial charge < -0.3 is 25.4 Å². The van der Waals surface area contributed by atoms with Crippen molar-refractivity contribution >= 4 is 46.2 Å². The Bertz CT molecular complexity index is 838. The number of ether oxygens (including phenoxy) is 1. The van der Waals surface area contributed by atoms with E-state index in [0.717, 1.165) is 0 Å². The summed E-state index contributed by atoms with van der Waals surface area (Å²) >= 11 is 12.3. The van der Waals surface area contributed by atoms with E-state index < -0.39 is 31.1 Å². The number of nitrogens with one attached hydrogen (secondary N) is 1. The smallest absolute Gasteiger partial charge is 0.164 e. The van der Waals surface area contributed by atoms with Crippen LogP contribution in [-0.4, -0.2) is 57.1 Å². The highest BCUT2D eigenvalue weighted by Crippen LogP contribution is 2.41. The molecule has 0 radical (unpaired) electrons. The molecule has 1 fully saturated rings. The Morgan fingerprint density at radius 2 is 1.92 bits per heavy atom. The summed E-state index contributed by atoms with van der Waals surface area (Å²) in [4.78, 5) is 11.8. The molecule has 7 nitrogen and oxygen atoms in total. The molecular weight excluding hydrogens is 383 g/mol. The van der Waals surface area contributed by atoms with Gasteiger partial charge >= 0.3 is 0 Å². The van der Waals surface area contributed by atoms with Gasteiger partial charge in [-0.3, -0.25) is 9.36 Å². The van der Waals surface area contributed by atoms with Gasteiger partial charge in [-0.1, -0.05) is 23.2 Å². The highest BCUT2D eigenvalue weighted by atomic mass is 35.5. The van der Waals surface area contributed by atoms with E-state index in [-0.39, 0.29) is 16.1 Å². The molecule has 0 bridgehead atoms. The van der Waals surface area contributed by atoms with Gasteiger partial charge in [-0.25, -0.2) is 0 Å². The van der Waals surface area contributed by atoms with Crippen LogP contribution in [0.4, 0.5) is 5.82 Å². The van der Waals surface area contributed by atoms with Crippen LogP contribution in [0.3, 0.4) is 0 Å². The molecule has 2 aromatic rings. The number of carbonyl (C=O) groups excluding carboxylic acids is 1. The summed E-state index contributed by atoms with van der Waals surface area (Å²) in [6, 6.07) is 3.12. The van der Waals surface area contributed by atoms with Crippen molar-refractivity contribution in [1.29, 1.82) is 0 Å². The molecule has 1 aromatic heterocycles. The first-order valence-electron chi connectivity index (χ1n) is 8.17. The Hall–Kier alpha value is -1.35. The third-order valence-electron chi connectivity index (χ3n) is 4.40. The average Bonchev–Trinajstić information content (AvgIpc) is 3.02. The van der Waals surface area contributed by atoms with Crippen LogP contribution in [0.25, 0.3) is 10.9 Å². The maximum atomic E-state index is 11.8. The highest BCUT2D eigenvalue weighted by Gasteiger charge is 2.45. The van der Waals surface area contributed by atoms with E-state index >= 15 is 0 Å². The minimum absolute atomic E-state index is 0.0279. The SMILES string of the molecule is CC(C)Nc1c(C=O)c2cc(Cl)c(Cl)cc2n1[C@@H]1O[C@H](CO)[C@@H](O)[C@H]1O. The summed E-state index contributed by atoms with van der Waals surface area (Å²) in [5.41, 5.74) is 0.851. The lowest BCUT2D eigenvalue weighted by Crippen LogP contribution is -2.33. The molecule has 3 rings (SSSR count). The fraction of sp³-hybridized carbons (Fsp3) is 0.471. The van der Waals surface area contributed by atoms with E-state index in [9.17, 15) is 20.1 Å². The lowest BCUT2D eigenvalue weighted by Gasteiger charge is -2.23. The third kappa shape index (κ3) is 3.09. The average molecular weight is 403 g/mol. The van der Waals surface area contributed by atoms with E-state index in [0.29, 0.717) is 28.6 Å². The number of hydrogen-bond donors (Lipinski definition) is 4. The zero-order valence-electron chi connectivity index (χ0n) is 14.2. The molecule has 1 aliphatic rings. The van der Waals surface area contributed by atoms with Crippen molar-refractivity contribution in [1.82, 2.24) is 4.57 Å². The van der Waals surface area contributed by atoms with Gasteiger partial charge in [0, 0.05) is 11.4 Å². The van der Waals surface area contributed by atoms with Crippen molar-refractivity contribution in [3.05, 3.63) is 27.7 Å². The Morgan fingerprint density at radius 1 is 1.27 bits per heavy atom. The van der Waals surface area contributed by atoms with Gasteiger partial charge in [0.1, 0.15) is 24.1 Å². The number of hydrogen-bond acceptors (Lipinski definition) is 6. The molecule has 9 heteroatoms. The maximum absolute atomic E-state index is 11.8. The van der Waals surface area contributed by atoms with Crippen molar-refractivity contribution in [2.24, 2.45) is 0 Å². The Labute approximate surface area is 160 Å². The second-order valence-electron chi connectivity index (χ2n) is 6.56. The fourth-order valence-electron chi connectivity index (χ4n) is 3.23. The number of nitrogens with zero attached hydrogens (tertiary/aromatic N) is 1. The van der Waals surface area contributed by atoms with Crippen LogP contribution in [0.15, 0.2) is 12.1 Å². The first-order chi connectivity index (χ1) is 12.3. The van der Waals surface area contributed by atoms with E-state index in [1.165, 1.54) is 0 Å². The number of halogens is 2. The molecule has 0 amide bonds. The highest BCUT2D eigenvalue weighted by molar-refractivity contribution is 6.43. The number of benzene rings is 1. The minimum Gasteiger partial charge on any atom is -0.394 e. The van der Waals surface area contributed by atoms with Crippen molar-refractivity contribution < 1.29 is 24.9 Å². The maximum Gasteiger partial charge on any atom is 0.164 e. The summed E-state index contributed by atoms with van der Waals surface area (Å²) in [7, 11) is 0. The lowest BCUT2D eigenvalue weighted by atomic mass is 10.1. The van der Waals surface area contributed by atoms with Crippen LogP contribution >= 0.6 is 23.2 Å². The number of fused-ring (bicyclic) bond motifs is 1. The number of aromatic nitrogens is 1. The van der Waals surface area contributed by atoms with Crippen LogP contribution in [0, 0.1) is 0 Å². The summed E-state index contributed by atoms with van der Waals surface area (Å²) in [5, 5.41) is 34.2. The number of aliphatic hydroxyl groups is 3. The number of anilines is 1. The standard InChI is InChI=1S/C17H20Cl2N2O5/c1-7(2)20-16-9(5-22)8-3-10(18)11(19)4-12(8)21(16)17-15(25)14(24)13(6-23)26-17/h3-5,7,13-15,17,20,23-25H,6H2,1-2H3/t13-,14-,15-,17-/m1/s1. The van der Waals surface area contributed by atoms with Gasteiger partial charge in [0.2, 0.25) is 0 Å². The molecule has 0 unspecified atom stereocenters. The second kappa shape index (κ2) is 7.34. The molecule has 1 aromatic carbocycles. The minimum atomic E-state index is -1.30. The van der Waals surface area contributed by atoms with Gasteiger partial charge in [0.25, 0.3) is 0 Å². The van der Waals surface area contributed by atoms with Crippen LogP contribution in [0.2, 0.25) is 10.0 Å². The van der Waals surface area contributed by atoms with Crippen LogP contribution in [0.1, 0.15) is 30.4 Å². The molecule has 0 spiro atoms. The van der Waals surface area contributed by atoms with Gasteiger partial charge in [-0.05, 0) is 26.0 Å². The first-order valence-corrected chi connectivity index (χ1v) is 8.92. The van der Waals surface area contributed by atoms with Crippen molar-refractivity contribution in [2.45, 2.75) is 44.4 Å². The van der Waals surface area contributed by atoms with Crippen molar-refractivity contribution in [3.8, 4) is 0 Å². The molecule has 1 aliphatic heterocycles. The topological polar surface area (TPSA) is 104 Å². The molecule has 2 heterocycles. The van der Waals surface area contributed by atoms with Gasteiger partial charge in [-0.15, -0.1) is 0 Å². The Balaban J connectivity index is 2.28. The second-order valence-corrected chi connectivity index (χ2v) is 7.38. The summed E-state index contributed by atoms with van der Waals surface area (Å²) in [6.45, 7) is 3.34. The third-order valence-corrected chi connectivity index (χ3v) is 5.12. The molecule has 4 atom stereocenters. The van der Waals surface area contributed by atoms with Gasteiger partial charge in [0.05, 0.1) is 27.7 Å². The number of aldehydes is 1. The molecule has 142 valence electrons. The quantitative estimate of drug-likeness (QED) is 0.571. The first kappa shape index (κ1) is 19.4. The van der Waals surface area contributed by atoms with Crippen LogP contribution in [-0.2, 0) is 4.74 Å².